The number of nitrogens with one attached hydrogen (secondary N) is 1. The molecule has 0 bridgehead atoms. The SMILES string of the molecule is CC(C)SCC(=O)NC[C@H]1CC[C@H]2[C@@H]3CC[C@H]4N(C)C(=O)CC[C@]4(C)[C@H]3CC[C@]12C. The monoisotopic (exact) mass is 434 g/mol. The molecule has 0 aromatic heterocycles. The van der Waals surface area contributed by atoms with Gasteiger partial charge >= 0.3 is 0 Å². The molecular weight excluding hydrogens is 392 g/mol. The lowest BCUT2D eigenvalue weighted by molar-refractivity contribution is -0.158. The smallest absolute Gasteiger partial charge is 0.230 e. The lowest BCUT2D eigenvalue weighted by Crippen LogP contribution is -2.61. The second-order valence-corrected chi connectivity index (χ2v) is 13.0. The summed E-state index contributed by atoms with van der Waals surface area (Å²) >= 11 is 1.73. The molecule has 3 saturated carbocycles. The number of fused-ring (bicyclic) bond motifs is 5. The van der Waals surface area contributed by atoms with E-state index in [1.165, 1.54) is 38.5 Å². The van der Waals surface area contributed by atoms with Gasteiger partial charge in [0.05, 0.1) is 5.75 Å². The van der Waals surface area contributed by atoms with Crippen molar-refractivity contribution in [1.29, 1.82) is 0 Å². The summed E-state index contributed by atoms with van der Waals surface area (Å²) < 4.78 is 0. The molecule has 0 aromatic rings. The Bertz CT molecular complexity index is 682. The van der Waals surface area contributed by atoms with E-state index in [1.54, 1.807) is 11.8 Å². The number of nitrogens with zero attached hydrogens (tertiary/aromatic N) is 1. The van der Waals surface area contributed by atoms with Crippen LogP contribution in [-0.2, 0) is 9.59 Å². The lowest BCUT2D eigenvalue weighted by Gasteiger charge is -2.61. The molecule has 3 aliphatic carbocycles. The molecule has 1 saturated heterocycles. The van der Waals surface area contributed by atoms with Crippen LogP contribution < -0.4 is 5.32 Å². The van der Waals surface area contributed by atoms with Gasteiger partial charge in [-0.05, 0) is 84.7 Å². The average Bonchev–Trinajstić information content (AvgIpc) is 3.04. The van der Waals surface area contributed by atoms with Gasteiger partial charge in [0.25, 0.3) is 0 Å². The quantitative estimate of drug-likeness (QED) is 0.681. The summed E-state index contributed by atoms with van der Waals surface area (Å²) in [5, 5.41) is 3.77. The first-order valence-electron chi connectivity index (χ1n) is 12.3. The Kier molecular flexibility index (Phi) is 6.24. The fourth-order valence-electron chi connectivity index (χ4n) is 8.13. The third-order valence-electron chi connectivity index (χ3n) is 9.85. The molecule has 0 unspecified atom stereocenters. The largest absolute Gasteiger partial charge is 0.355 e. The van der Waals surface area contributed by atoms with Crippen molar-refractivity contribution in [2.45, 2.75) is 90.4 Å². The second-order valence-electron chi connectivity index (χ2n) is 11.5. The molecule has 1 heterocycles. The second kappa shape index (κ2) is 8.33. The molecule has 4 fully saturated rings. The average molecular weight is 435 g/mol. The van der Waals surface area contributed by atoms with Crippen molar-refractivity contribution in [3.8, 4) is 0 Å². The van der Waals surface area contributed by atoms with Crippen molar-refractivity contribution in [3.63, 3.8) is 0 Å². The van der Waals surface area contributed by atoms with Gasteiger partial charge in [0.2, 0.25) is 11.8 Å². The Morgan fingerprint density at radius 2 is 1.83 bits per heavy atom. The molecule has 1 aliphatic heterocycles. The maximum absolute atomic E-state index is 12.3. The van der Waals surface area contributed by atoms with Crippen LogP contribution in [0.2, 0.25) is 0 Å². The predicted octanol–water partition coefficient (Wildman–Crippen LogP) is 4.72. The highest BCUT2D eigenvalue weighted by molar-refractivity contribution is 8.00. The van der Waals surface area contributed by atoms with Crippen LogP contribution in [0.5, 0.6) is 0 Å². The van der Waals surface area contributed by atoms with Crippen LogP contribution >= 0.6 is 11.8 Å². The highest BCUT2D eigenvalue weighted by atomic mass is 32.2. The Morgan fingerprint density at radius 1 is 1.10 bits per heavy atom. The molecule has 0 radical (unpaired) electrons. The molecule has 0 spiro atoms. The van der Waals surface area contributed by atoms with Crippen LogP contribution in [0.4, 0.5) is 0 Å². The van der Waals surface area contributed by atoms with Gasteiger partial charge in [-0.15, -0.1) is 11.8 Å². The molecule has 2 amide bonds. The van der Waals surface area contributed by atoms with Gasteiger partial charge in [0, 0.05) is 26.1 Å². The number of carbonyl (C=O) groups excluding carboxylic acids is 2. The van der Waals surface area contributed by atoms with Crippen molar-refractivity contribution in [3.05, 3.63) is 0 Å². The van der Waals surface area contributed by atoms with Crippen molar-refractivity contribution in [2.75, 3.05) is 19.3 Å². The van der Waals surface area contributed by atoms with Crippen molar-refractivity contribution < 1.29 is 9.59 Å². The van der Waals surface area contributed by atoms with Gasteiger partial charge in [-0.1, -0.05) is 27.7 Å². The molecule has 4 aliphatic rings. The zero-order valence-electron chi connectivity index (χ0n) is 19.7. The zero-order valence-corrected chi connectivity index (χ0v) is 20.5. The molecule has 4 rings (SSSR count). The van der Waals surface area contributed by atoms with E-state index in [-0.39, 0.29) is 5.91 Å². The molecule has 30 heavy (non-hydrogen) atoms. The minimum Gasteiger partial charge on any atom is -0.355 e. The predicted molar refractivity (Wildman–Crippen MR) is 124 cm³/mol. The number of amides is 2. The van der Waals surface area contributed by atoms with E-state index in [2.05, 4.69) is 37.9 Å². The van der Waals surface area contributed by atoms with E-state index < -0.39 is 0 Å². The molecule has 0 aromatic carbocycles. The van der Waals surface area contributed by atoms with E-state index in [1.807, 2.05) is 7.05 Å². The maximum Gasteiger partial charge on any atom is 0.230 e. The highest BCUT2D eigenvalue weighted by Crippen LogP contribution is 2.66. The topological polar surface area (TPSA) is 49.4 Å². The normalized spacial score (nSPS) is 43.2. The minimum atomic E-state index is 0.206. The first-order valence-corrected chi connectivity index (χ1v) is 13.4. The molecule has 5 heteroatoms. The number of likely N-dealkylation sites (tertiary alicyclic amines) is 1. The summed E-state index contributed by atoms with van der Waals surface area (Å²) in [6.45, 7) is 10.2. The van der Waals surface area contributed by atoms with Gasteiger partial charge in [0.15, 0.2) is 0 Å². The number of thioether (sulfide) groups is 1. The standard InChI is InChI=1S/C25H42N2O2S/c1-16(2)30-15-22(28)26-14-17-6-8-19-18-7-9-21-25(4,13-11-23(29)27(21)5)20(18)10-12-24(17,19)3/h16-21H,6-15H2,1-5H3,(H,26,28)/t17-,18+,19+,20+,21-,24-,25-/m1/s1. The summed E-state index contributed by atoms with van der Waals surface area (Å²) in [5.74, 6) is 4.13. The molecule has 1 N–H and O–H groups in total. The Morgan fingerprint density at radius 3 is 2.57 bits per heavy atom. The lowest BCUT2D eigenvalue weighted by atomic mass is 9.47. The van der Waals surface area contributed by atoms with Crippen LogP contribution in [0.3, 0.4) is 0 Å². The van der Waals surface area contributed by atoms with E-state index >= 15 is 0 Å². The third kappa shape index (κ3) is 3.71. The Balaban J connectivity index is 1.43. The fourth-order valence-corrected chi connectivity index (χ4v) is 8.71. The third-order valence-corrected chi connectivity index (χ3v) is 10.9. The molecule has 7 atom stereocenters. The number of hydrogen-bond donors (Lipinski definition) is 1. The van der Waals surface area contributed by atoms with Crippen LogP contribution in [-0.4, -0.2) is 47.4 Å². The minimum absolute atomic E-state index is 0.206. The first kappa shape index (κ1) is 22.5. The van der Waals surface area contributed by atoms with Crippen LogP contribution in [0, 0.1) is 34.5 Å². The van der Waals surface area contributed by atoms with Crippen LogP contribution in [0.1, 0.15) is 79.1 Å². The highest BCUT2D eigenvalue weighted by Gasteiger charge is 2.60. The van der Waals surface area contributed by atoms with Gasteiger partial charge in [-0.25, -0.2) is 0 Å². The van der Waals surface area contributed by atoms with Crippen molar-refractivity contribution >= 4 is 23.6 Å². The first-order chi connectivity index (χ1) is 14.2. The summed E-state index contributed by atoms with van der Waals surface area (Å²) in [5.41, 5.74) is 0.673. The molecule has 4 nitrogen and oxygen atoms in total. The maximum atomic E-state index is 12.3. The summed E-state index contributed by atoms with van der Waals surface area (Å²) in [6.07, 6.45) is 9.47. The van der Waals surface area contributed by atoms with Gasteiger partial charge < -0.3 is 10.2 Å². The van der Waals surface area contributed by atoms with E-state index in [0.29, 0.717) is 39.7 Å². The van der Waals surface area contributed by atoms with Gasteiger partial charge in [-0.3, -0.25) is 9.59 Å². The number of rotatable bonds is 5. The Hall–Kier alpha value is -0.710. The summed E-state index contributed by atoms with van der Waals surface area (Å²) in [7, 11) is 2.05. The summed E-state index contributed by atoms with van der Waals surface area (Å²) in [4.78, 5) is 26.7. The zero-order chi connectivity index (χ0) is 21.7. The van der Waals surface area contributed by atoms with Crippen molar-refractivity contribution in [2.24, 2.45) is 34.5 Å². The molecular formula is C25H42N2O2S. The van der Waals surface area contributed by atoms with E-state index in [0.717, 1.165) is 37.1 Å². The van der Waals surface area contributed by atoms with Crippen LogP contribution in [0.25, 0.3) is 0 Å². The fraction of sp³-hybridized carbons (Fsp3) is 0.920. The summed E-state index contributed by atoms with van der Waals surface area (Å²) in [6, 6.07) is 0.444. The number of hydrogen-bond acceptors (Lipinski definition) is 3. The van der Waals surface area contributed by atoms with Crippen molar-refractivity contribution in [1.82, 2.24) is 10.2 Å². The van der Waals surface area contributed by atoms with Gasteiger partial charge in [0.1, 0.15) is 0 Å². The van der Waals surface area contributed by atoms with Crippen LogP contribution in [0.15, 0.2) is 0 Å². The van der Waals surface area contributed by atoms with E-state index in [4.69, 9.17) is 0 Å². The number of piperidine rings is 1. The Labute approximate surface area is 187 Å². The number of carbonyl (C=O) groups is 2. The molecule has 170 valence electrons. The van der Waals surface area contributed by atoms with E-state index in [9.17, 15) is 9.59 Å². The van der Waals surface area contributed by atoms with Gasteiger partial charge in [-0.2, -0.15) is 0 Å².